The number of rotatable bonds is 5. The van der Waals surface area contributed by atoms with Gasteiger partial charge in [0.05, 0.1) is 10.5 Å². The number of ketones is 1. The molecule has 0 unspecified atom stereocenters. The molecule has 1 aliphatic heterocycles. The van der Waals surface area contributed by atoms with Crippen molar-refractivity contribution in [2.45, 2.75) is 65.2 Å². The van der Waals surface area contributed by atoms with Crippen LogP contribution in [0.4, 0.5) is 5.69 Å². The number of amides is 1. The number of anilines is 1. The summed E-state index contributed by atoms with van der Waals surface area (Å²) in [6, 6.07) is 4.98. The SMILES string of the molecule is CCN(CC)S(=O)(=O)c1ccc2c(c1)CCCN2C(=O)c1oc2c(c1C)C(=O)CC(C)(C)C2. The topological polar surface area (TPSA) is 87.9 Å². The first-order valence-corrected chi connectivity index (χ1v) is 13.0. The van der Waals surface area contributed by atoms with Crippen molar-refractivity contribution in [3.63, 3.8) is 0 Å². The van der Waals surface area contributed by atoms with Crippen LogP contribution in [-0.2, 0) is 22.9 Å². The van der Waals surface area contributed by atoms with E-state index in [0.717, 1.165) is 12.0 Å². The Bertz CT molecular complexity index is 1220. The summed E-state index contributed by atoms with van der Waals surface area (Å²) in [5.41, 5.74) is 2.48. The number of aryl methyl sites for hydroxylation is 1. The Kier molecular flexibility index (Phi) is 6.03. The number of Topliss-reactive ketones (excluding diaryl/α,β-unsaturated/α-hetero) is 1. The second-order valence-electron chi connectivity index (χ2n) is 9.74. The fourth-order valence-corrected chi connectivity index (χ4v) is 6.58. The van der Waals surface area contributed by atoms with E-state index in [2.05, 4.69) is 0 Å². The molecule has 0 fully saturated rings. The average molecular weight is 473 g/mol. The van der Waals surface area contributed by atoms with E-state index in [0.29, 0.717) is 61.5 Å². The van der Waals surface area contributed by atoms with Crippen LogP contribution in [0.15, 0.2) is 27.5 Å². The maximum absolute atomic E-state index is 13.5. The minimum atomic E-state index is -3.58. The van der Waals surface area contributed by atoms with Crippen LogP contribution < -0.4 is 4.90 Å². The second-order valence-corrected chi connectivity index (χ2v) is 11.7. The molecule has 0 N–H and O–H groups in total. The number of carbonyl (C=O) groups excluding carboxylic acids is 2. The maximum Gasteiger partial charge on any atom is 0.294 e. The number of nitrogens with zero attached hydrogens (tertiary/aromatic N) is 2. The van der Waals surface area contributed by atoms with Crippen molar-refractivity contribution >= 4 is 27.4 Å². The molecule has 1 aliphatic carbocycles. The van der Waals surface area contributed by atoms with Gasteiger partial charge in [-0.1, -0.05) is 27.7 Å². The molecule has 1 aromatic carbocycles. The molecule has 0 bridgehead atoms. The van der Waals surface area contributed by atoms with Gasteiger partial charge in [-0.3, -0.25) is 9.59 Å². The van der Waals surface area contributed by atoms with Crippen molar-refractivity contribution in [1.29, 1.82) is 0 Å². The van der Waals surface area contributed by atoms with Crippen molar-refractivity contribution in [2.75, 3.05) is 24.5 Å². The van der Waals surface area contributed by atoms with Gasteiger partial charge in [0.25, 0.3) is 5.91 Å². The van der Waals surface area contributed by atoms with Crippen LogP contribution in [0.3, 0.4) is 0 Å². The number of hydrogen-bond donors (Lipinski definition) is 0. The Balaban J connectivity index is 1.70. The van der Waals surface area contributed by atoms with Crippen LogP contribution in [0.2, 0.25) is 0 Å². The third kappa shape index (κ3) is 4.04. The van der Waals surface area contributed by atoms with Crippen LogP contribution >= 0.6 is 0 Å². The number of fused-ring (bicyclic) bond motifs is 2. The molecule has 8 heteroatoms. The van der Waals surface area contributed by atoms with Gasteiger partial charge < -0.3 is 9.32 Å². The molecule has 33 heavy (non-hydrogen) atoms. The predicted octanol–water partition coefficient (Wildman–Crippen LogP) is 4.37. The zero-order valence-electron chi connectivity index (χ0n) is 20.0. The Labute approximate surface area is 195 Å². The first-order valence-electron chi connectivity index (χ1n) is 11.6. The summed E-state index contributed by atoms with van der Waals surface area (Å²) in [6.07, 6.45) is 2.47. The quantitative estimate of drug-likeness (QED) is 0.645. The van der Waals surface area contributed by atoms with Crippen LogP contribution in [0, 0.1) is 12.3 Å². The molecule has 0 spiro atoms. The van der Waals surface area contributed by atoms with E-state index in [1.54, 1.807) is 30.0 Å². The van der Waals surface area contributed by atoms with Gasteiger partial charge in [0.2, 0.25) is 10.0 Å². The van der Waals surface area contributed by atoms with Crippen LogP contribution in [0.25, 0.3) is 0 Å². The molecule has 2 heterocycles. The van der Waals surface area contributed by atoms with E-state index >= 15 is 0 Å². The monoisotopic (exact) mass is 472 g/mol. The lowest BCUT2D eigenvalue weighted by Gasteiger charge is -2.30. The summed E-state index contributed by atoms with van der Waals surface area (Å²) in [5.74, 6) is 0.536. The Morgan fingerprint density at radius 1 is 1.18 bits per heavy atom. The molecule has 1 aromatic heterocycles. The Morgan fingerprint density at radius 3 is 2.55 bits per heavy atom. The van der Waals surface area contributed by atoms with Gasteiger partial charge in [-0.2, -0.15) is 4.31 Å². The van der Waals surface area contributed by atoms with E-state index in [1.807, 2.05) is 27.7 Å². The highest BCUT2D eigenvalue weighted by atomic mass is 32.2. The van der Waals surface area contributed by atoms with Crippen molar-refractivity contribution in [2.24, 2.45) is 5.41 Å². The lowest BCUT2D eigenvalue weighted by Crippen LogP contribution is -2.36. The molecule has 0 saturated carbocycles. The van der Waals surface area contributed by atoms with Crippen molar-refractivity contribution in [3.05, 3.63) is 46.4 Å². The van der Waals surface area contributed by atoms with E-state index in [9.17, 15) is 18.0 Å². The molecule has 7 nitrogen and oxygen atoms in total. The van der Waals surface area contributed by atoms with Crippen LogP contribution in [0.5, 0.6) is 0 Å². The molecule has 2 aliphatic rings. The van der Waals surface area contributed by atoms with E-state index in [4.69, 9.17) is 4.42 Å². The van der Waals surface area contributed by atoms with Gasteiger partial charge in [0.15, 0.2) is 11.5 Å². The third-order valence-electron chi connectivity index (χ3n) is 6.73. The fraction of sp³-hybridized carbons (Fsp3) is 0.520. The minimum absolute atomic E-state index is 0.0202. The number of sulfonamides is 1. The average Bonchev–Trinajstić information content (AvgIpc) is 3.08. The lowest BCUT2D eigenvalue weighted by molar-refractivity contribution is 0.0895. The predicted molar refractivity (Wildman–Crippen MR) is 126 cm³/mol. The molecular formula is C25H32N2O5S. The molecule has 0 atom stereocenters. The first-order chi connectivity index (χ1) is 15.5. The van der Waals surface area contributed by atoms with E-state index in [1.165, 1.54) is 4.31 Å². The van der Waals surface area contributed by atoms with Gasteiger partial charge in [-0.15, -0.1) is 0 Å². The summed E-state index contributed by atoms with van der Waals surface area (Å²) < 4.78 is 33.3. The highest BCUT2D eigenvalue weighted by Crippen LogP contribution is 2.39. The largest absolute Gasteiger partial charge is 0.455 e. The Morgan fingerprint density at radius 2 is 1.88 bits per heavy atom. The maximum atomic E-state index is 13.5. The summed E-state index contributed by atoms with van der Waals surface area (Å²) in [4.78, 5) is 28.2. The normalized spacial score (nSPS) is 17.8. The summed E-state index contributed by atoms with van der Waals surface area (Å²) in [6.45, 7) is 10.8. The third-order valence-corrected chi connectivity index (χ3v) is 8.77. The van der Waals surface area contributed by atoms with Crippen molar-refractivity contribution < 1.29 is 22.4 Å². The van der Waals surface area contributed by atoms with Crippen LogP contribution in [-0.4, -0.2) is 44.0 Å². The van der Waals surface area contributed by atoms with Gasteiger partial charge in [0, 0.05) is 43.7 Å². The summed E-state index contributed by atoms with van der Waals surface area (Å²) in [7, 11) is -3.58. The minimum Gasteiger partial charge on any atom is -0.455 e. The fourth-order valence-electron chi connectivity index (χ4n) is 5.07. The lowest BCUT2D eigenvalue weighted by atomic mass is 9.76. The van der Waals surface area contributed by atoms with E-state index < -0.39 is 10.0 Å². The summed E-state index contributed by atoms with van der Waals surface area (Å²) in [5, 5.41) is 0. The number of hydrogen-bond acceptors (Lipinski definition) is 5. The summed E-state index contributed by atoms with van der Waals surface area (Å²) >= 11 is 0. The van der Waals surface area contributed by atoms with Gasteiger partial charge in [-0.25, -0.2) is 8.42 Å². The van der Waals surface area contributed by atoms with Crippen LogP contribution in [0.1, 0.15) is 78.3 Å². The van der Waals surface area contributed by atoms with Crippen molar-refractivity contribution in [3.8, 4) is 0 Å². The van der Waals surface area contributed by atoms with Gasteiger partial charge in [-0.05, 0) is 48.9 Å². The van der Waals surface area contributed by atoms with E-state index in [-0.39, 0.29) is 27.8 Å². The Hall–Kier alpha value is -2.45. The zero-order chi connectivity index (χ0) is 24.1. The molecule has 2 aromatic rings. The number of benzene rings is 1. The van der Waals surface area contributed by atoms with Crippen molar-refractivity contribution in [1.82, 2.24) is 4.31 Å². The number of carbonyl (C=O) groups is 2. The standard InChI is InChI=1S/C25H32N2O5S/c1-6-26(7-2)33(30,31)18-10-11-19-17(13-18)9-8-12-27(19)24(29)23-16(3)22-20(28)14-25(4,5)15-21(22)32-23/h10-11,13H,6-9,12,14-15H2,1-5H3. The highest BCUT2D eigenvalue weighted by Gasteiger charge is 2.38. The second kappa shape index (κ2) is 8.40. The molecule has 4 rings (SSSR count). The molecule has 0 radical (unpaired) electrons. The highest BCUT2D eigenvalue weighted by molar-refractivity contribution is 7.89. The molecule has 0 saturated heterocycles. The first kappa shape index (κ1) is 23.7. The number of furan rings is 1. The molecule has 178 valence electrons. The smallest absolute Gasteiger partial charge is 0.294 e. The van der Waals surface area contributed by atoms with Gasteiger partial charge >= 0.3 is 0 Å². The molecular weight excluding hydrogens is 440 g/mol. The van der Waals surface area contributed by atoms with Gasteiger partial charge in [0.1, 0.15) is 5.76 Å². The zero-order valence-corrected chi connectivity index (χ0v) is 20.8. The molecule has 1 amide bonds.